The van der Waals surface area contributed by atoms with Crippen LogP contribution in [-0.2, 0) is 9.59 Å². The number of carbonyl (C=O) groups excluding carboxylic acids is 1. The molecule has 5 heteroatoms. The van der Waals surface area contributed by atoms with Gasteiger partial charge in [0.15, 0.2) is 0 Å². The number of hydrogen-bond donors (Lipinski definition) is 2. The van der Waals surface area contributed by atoms with Gasteiger partial charge in [-0.3, -0.25) is 9.69 Å². The average Bonchev–Trinajstić information content (AvgIpc) is 2.13. The molecule has 0 aliphatic heterocycles. The molecule has 0 saturated heterocycles. The molecule has 0 radical (unpaired) electrons. The van der Waals surface area contributed by atoms with Crippen LogP contribution >= 0.6 is 0 Å². The Morgan fingerprint density at radius 2 is 1.67 bits per heavy atom. The largest absolute Gasteiger partial charge is 0.480 e. The van der Waals surface area contributed by atoms with Crippen molar-refractivity contribution in [2.24, 2.45) is 11.8 Å². The van der Waals surface area contributed by atoms with Gasteiger partial charge in [-0.2, -0.15) is 0 Å². The summed E-state index contributed by atoms with van der Waals surface area (Å²) in [5.41, 5.74) is 0. The lowest BCUT2D eigenvalue weighted by atomic mass is 10.00. The average molecular weight is 258 g/mol. The molecule has 0 unspecified atom stereocenters. The van der Waals surface area contributed by atoms with E-state index in [0.29, 0.717) is 6.42 Å². The van der Waals surface area contributed by atoms with Gasteiger partial charge < -0.3 is 10.4 Å². The third-order valence-electron chi connectivity index (χ3n) is 2.78. The molecule has 0 rings (SSSR count). The Bertz CT molecular complexity index is 280. The second-order valence-electron chi connectivity index (χ2n) is 5.68. The number of likely N-dealkylation sites (N-methyl/N-ethyl adjacent to an activating group) is 1. The number of nitrogens with one attached hydrogen (secondary N) is 1. The highest BCUT2D eigenvalue weighted by atomic mass is 16.4. The predicted octanol–water partition coefficient (Wildman–Crippen LogP) is 1.19. The smallest absolute Gasteiger partial charge is 0.326 e. The summed E-state index contributed by atoms with van der Waals surface area (Å²) in [5, 5.41) is 11.7. The molecule has 0 aromatic rings. The van der Waals surface area contributed by atoms with E-state index in [1.54, 1.807) is 0 Å². The highest BCUT2D eigenvalue weighted by Crippen LogP contribution is 2.10. The molecule has 0 bridgehead atoms. The number of rotatable bonds is 7. The van der Waals surface area contributed by atoms with E-state index in [-0.39, 0.29) is 23.8 Å². The molecule has 0 aromatic heterocycles. The Labute approximate surface area is 110 Å². The molecule has 0 aliphatic rings. The lowest BCUT2D eigenvalue weighted by Crippen LogP contribution is -2.52. The van der Waals surface area contributed by atoms with Crippen LogP contribution in [-0.4, -0.2) is 48.1 Å². The van der Waals surface area contributed by atoms with Crippen LogP contribution in [0.1, 0.15) is 34.1 Å². The van der Waals surface area contributed by atoms with Crippen molar-refractivity contribution < 1.29 is 14.7 Å². The summed E-state index contributed by atoms with van der Waals surface area (Å²) < 4.78 is 0. The molecule has 106 valence electrons. The number of carboxylic acids is 1. The number of carbonyl (C=O) groups is 2. The van der Waals surface area contributed by atoms with Gasteiger partial charge >= 0.3 is 5.97 Å². The molecule has 0 aliphatic carbocycles. The monoisotopic (exact) mass is 258 g/mol. The van der Waals surface area contributed by atoms with E-state index in [4.69, 9.17) is 5.11 Å². The summed E-state index contributed by atoms with van der Waals surface area (Å²) in [6.45, 7) is 7.77. The lowest BCUT2D eigenvalue weighted by Gasteiger charge is -2.28. The van der Waals surface area contributed by atoms with Gasteiger partial charge in [-0.05, 0) is 32.4 Å². The fraction of sp³-hybridized carbons (Fsp3) is 0.846. The van der Waals surface area contributed by atoms with Crippen LogP contribution in [0.25, 0.3) is 0 Å². The SMILES string of the molecule is CC(C)C[C@@H](NC(=O)[C@H](C(C)C)N(C)C)C(=O)O. The maximum absolute atomic E-state index is 12.1. The normalized spacial score (nSPS) is 14.9. The Balaban J connectivity index is 4.71. The summed E-state index contributed by atoms with van der Waals surface area (Å²) in [4.78, 5) is 25.0. The molecule has 2 N–H and O–H groups in total. The number of amides is 1. The van der Waals surface area contributed by atoms with E-state index in [1.807, 2.05) is 46.7 Å². The van der Waals surface area contributed by atoms with Gasteiger partial charge in [0.2, 0.25) is 5.91 Å². The van der Waals surface area contributed by atoms with Gasteiger partial charge in [0, 0.05) is 0 Å². The van der Waals surface area contributed by atoms with Crippen LogP contribution in [0.4, 0.5) is 0 Å². The van der Waals surface area contributed by atoms with Crippen molar-refractivity contribution in [1.82, 2.24) is 10.2 Å². The van der Waals surface area contributed by atoms with Crippen molar-refractivity contribution in [3.8, 4) is 0 Å². The van der Waals surface area contributed by atoms with Crippen LogP contribution in [0, 0.1) is 11.8 Å². The quantitative estimate of drug-likeness (QED) is 0.719. The fourth-order valence-corrected chi connectivity index (χ4v) is 2.08. The third-order valence-corrected chi connectivity index (χ3v) is 2.78. The minimum atomic E-state index is -0.974. The number of carboxylic acid groups (broad SMARTS) is 1. The van der Waals surface area contributed by atoms with Crippen LogP contribution in [0.15, 0.2) is 0 Å². The van der Waals surface area contributed by atoms with E-state index >= 15 is 0 Å². The molecule has 0 fully saturated rings. The zero-order valence-corrected chi connectivity index (χ0v) is 12.2. The van der Waals surface area contributed by atoms with Crippen LogP contribution < -0.4 is 5.32 Å². The lowest BCUT2D eigenvalue weighted by molar-refractivity contribution is -0.143. The van der Waals surface area contributed by atoms with E-state index in [9.17, 15) is 9.59 Å². The number of nitrogens with zero attached hydrogens (tertiary/aromatic N) is 1. The first kappa shape index (κ1) is 16.9. The molecule has 2 atom stereocenters. The van der Waals surface area contributed by atoms with E-state index in [1.165, 1.54) is 0 Å². The minimum absolute atomic E-state index is 0.133. The summed E-state index contributed by atoms with van der Waals surface area (Å²) in [6, 6.07) is -1.11. The third kappa shape index (κ3) is 5.49. The van der Waals surface area contributed by atoms with Crippen molar-refractivity contribution in [3.63, 3.8) is 0 Å². The topological polar surface area (TPSA) is 69.6 Å². The maximum atomic E-state index is 12.1. The molecule has 0 saturated carbocycles. The molecule has 0 spiro atoms. The zero-order valence-electron chi connectivity index (χ0n) is 12.2. The highest BCUT2D eigenvalue weighted by Gasteiger charge is 2.28. The van der Waals surface area contributed by atoms with E-state index in [2.05, 4.69) is 5.32 Å². The Kier molecular flexibility index (Phi) is 6.91. The Hall–Kier alpha value is -1.10. The maximum Gasteiger partial charge on any atom is 0.326 e. The van der Waals surface area contributed by atoms with Crippen LogP contribution in [0.2, 0.25) is 0 Å². The van der Waals surface area contributed by atoms with Crippen molar-refractivity contribution in [1.29, 1.82) is 0 Å². The van der Waals surface area contributed by atoms with Gasteiger partial charge in [-0.1, -0.05) is 27.7 Å². The number of hydrogen-bond acceptors (Lipinski definition) is 3. The van der Waals surface area contributed by atoms with Crippen LogP contribution in [0.5, 0.6) is 0 Å². The van der Waals surface area contributed by atoms with Crippen molar-refractivity contribution in [3.05, 3.63) is 0 Å². The molecular formula is C13H26N2O3. The van der Waals surface area contributed by atoms with Gasteiger partial charge in [-0.15, -0.1) is 0 Å². The summed E-state index contributed by atoms with van der Waals surface area (Å²) >= 11 is 0. The van der Waals surface area contributed by atoms with Gasteiger partial charge in [-0.25, -0.2) is 4.79 Å². The first-order chi connectivity index (χ1) is 8.16. The fourth-order valence-electron chi connectivity index (χ4n) is 2.08. The zero-order chi connectivity index (χ0) is 14.5. The Morgan fingerprint density at radius 1 is 1.17 bits per heavy atom. The standard InChI is InChI=1S/C13H26N2O3/c1-8(2)7-10(13(17)18)14-12(16)11(9(3)4)15(5)6/h8-11H,7H2,1-6H3,(H,14,16)(H,17,18)/t10-,11+/m1/s1. The Morgan fingerprint density at radius 3 is 1.94 bits per heavy atom. The number of aliphatic carboxylic acids is 1. The van der Waals surface area contributed by atoms with Gasteiger partial charge in [0.25, 0.3) is 0 Å². The summed E-state index contributed by atoms with van der Waals surface area (Å²) in [7, 11) is 3.64. The van der Waals surface area contributed by atoms with Gasteiger partial charge in [0.05, 0.1) is 6.04 Å². The second-order valence-corrected chi connectivity index (χ2v) is 5.68. The first-order valence-corrected chi connectivity index (χ1v) is 6.36. The molecule has 18 heavy (non-hydrogen) atoms. The highest BCUT2D eigenvalue weighted by molar-refractivity contribution is 5.87. The summed E-state index contributed by atoms with van der Waals surface area (Å²) in [5.74, 6) is -0.835. The molecule has 0 heterocycles. The van der Waals surface area contributed by atoms with E-state index < -0.39 is 12.0 Å². The van der Waals surface area contributed by atoms with Crippen molar-refractivity contribution >= 4 is 11.9 Å². The minimum Gasteiger partial charge on any atom is -0.480 e. The van der Waals surface area contributed by atoms with Crippen LogP contribution in [0.3, 0.4) is 0 Å². The molecular weight excluding hydrogens is 232 g/mol. The van der Waals surface area contributed by atoms with Gasteiger partial charge in [0.1, 0.15) is 6.04 Å². The second kappa shape index (κ2) is 7.36. The van der Waals surface area contributed by atoms with E-state index in [0.717, 1.165) is 0 Å². The summed E-state index contributed by atoms with van der Waals surface area (Å²) in [6.07, 6.45) is 0.444. The first-order valence-electron chi connectivity index (χ1n) is 6.36. The predicted molar refractivity (Wildman–Crippen MR) is 71.3 cm³/mol. The molecule has 5 nitrogen and oxygen atoms in total. The molecule has 1 amide bonds. The van der Waals surface area contributed by atoms with Crippen molar-refractivity contribution in [2.75, 3.05) is 14.1 Å². The molecule has 0 aromatic carbocycles. The van der Waals surface area contributed by atoms with Crippen molar-refractivity contribution in [2.45, 2.75) is 46.2 Å².